The molecule has 0 aliphatic heterocycles. The Bertz CT molecular complexity index is 846. The van der Waals surface area contributed by atoms with Gasteiger partial charge in [-0.3, -0.25) is 0 Å². The van der Waals surface area contributed by atoms with Gasteiger partial charge in [0.05, 0.1) is 11.5 Å². The molecule has 0 unspecified atom stereocenters. The van der Waals surface area contributed by atoms with Gasteiger partial charge in [0.15, 0.2) is 0 Å². The third kappa shape index (κ3) is 4.91. The number of esters is 1. The van der Waals surface area contributed by atoms with Gasteiger partial charge in [-0.15, -0.1) is 0 Å². The topological polar surface area (TPSA) is 86.7 Å². The van der Waals surface area contributed by atoms with Crippen LogP contribution >= 0.6 is 0 Å². The van der Waals surface area contributed by atoms with Crippen molar-refractivity contribution in [2.24, 2.45) is 0 Å². The van der Waals surface area contributed by atoms with Gasteiger partial charge < -0.3 is 19.7 Å². The van der Waals surface area contributed by atoms with E-state index in [1.54, 1.807) is 24.3 Å². The monoisotopic (exact) mass is 383 g/mol. The molecule has 2 aromatic rings. The van der Waals surface area contributed by atoms with Crippen molar-refractivity contribution < 1.29 is 24.5 Å². The fourth-order valence-electron chi connectivity index (χ4n) is 2.87. The Kier molecular flexibility index (Phi) is 5.88. The Morgan fingerprint density at radius 2 is 1.36 bits per heavy atom. The lowest BCUT2D eigenvalue weighted by molar-refractivity contribution is -0.255. The Labute approximate surface area is 166 Å². The van der Waals surface area contributed by atoms with E-state index < -0.39 is 11.9 Å². The van der Waals surface area contributed by atoms with Crippen LogP contribution in [0.5, 0.6) is 5.75 Å². The van der Waals surface area contributed by atoms with Gasteiger partial charge in [-0.2, -0.15) is 0 Å². The van der Waals surface area contributed by atoms with E-state index in [0.717, 1.165) is 0 Å². The van der Waals surface area contributed by atoms with E-state index in [4.69, 9.17) is 4.74 Å². The van der Waals surface area contributed by atoms with Crippen molar-refractivity contribution in [3.8, 4) is 5.75 Å². The third-order valence-corrected chi connectivity index (χ3v) is 4.52. The second-order valence-electron chi connectivity index (χ2n) is 8.98. The second kappa shape index (κ2) is 7.66. The highest BCUT2D eigenvalue weighted by Crippen LogP contribution is 2.39. The number of carboxylic acid groups (broad SMARTS) is 1. The van der Waals surface area contributed by atoms with Gasteiger partial charge in [0.25, 0.3) is 0 Å². The number of carbonyl (C=O) groups excluding carboxylic acids is 2. The molecule has 5 nitrogen and oxygen atoms in total. The van der Waals surface area contributed by atoms with E-state index in [9.17, 15) is 19.8 Å². The van der Waals surface area contributed by atoms with Crippen LogP contribution in [-0.4, -0.2) is 17.0 Å². The molecule has 1 N–H and O–H groups in total. The Balaban J connectivity index is 2.30. The molecule has 0 amide bonds. The number of hydrogen-bond acceptors (Lipinski definition) is 5. The summed E-state index contributed by atoms with van der Waals surface area (Å²) in [5, 5.41) is 21.5. The lowest BCUT2D eigenvalue weighted by atomic mass is 9.78. The van der Waals surface area contributed by atoms with Crippen LogP contribution in [0, 0.1) is 0 Å². The highest BCUT2D eigenvalue weighted by atomic mass is 16.5. The molecule has 0 heterocycles. The summed E-state index contributed by atoms with van der Waals surface area (Å²) >= 11 is 0. The fourth-order valence-corrected chi connectivity index (χ4v) is 2.87. The number of hydrogen-bond donors (Lipinski definition) is 1. The summed E-state index contributed by atoms with van der Waals surface area (Å²) < 4.78 is 5.41. The molecule has 2 rings (SSSR count). The molecule has 0 radical (unpaired) electrons. The van der Waals surface area contributed by atoms with Crippen molar-refractivity contribution in [2.45, 2.75) is 59.0 Å². The average molecular weight is 383 g/mol. The summed E-state index contributed by atoms with van der Waals surface area (Å²) in [6.45, 7) is 11.9. The Hall–Kier alpha value is -2.82. The Morgan fingerprint density at radius 3 is 1.75 bits per heavy atom. The third-order valence-electron chi connectivity index (χ3n) is 4.52. The van der Waals surface area contributed by atoms with Crippen molar-refractivity contribution in [1.82, 2.24) is 0 Å². The van der Waals surface area contributed by atoms with Crippen LogP contribution in [0.2, 0.25) is 0 Å². The molecule has 2 aromatic carbocycles. The molecular formula is C23H27O5-. The van der Waals surface area contributed by atoms with Gasteiger partial charge in [-0.25, -0.2) is 4.79 Å². The fraction of sp³-hybridized carbons (Fsp3) is 0.391. The van der Waals surface area contributed by atoms with Gasteiger partial charge in [-0.05, 0) is 34.1 Å². The quantitative estimate of drug-likeness (QED) is 0.814. The minimum absolute atomic E-state index is 0.0166. The van der Waals surface area contributed by atoms with Gasteiger partial charge in [0, 0.05) is 11.1 Å². The van der Waals surface area contributed by atoms with Crippen LogP contribution in [0.1, 0.15) is 78.9 Å². The zero-order valence-electron chi connectivity index (χ0n) is 17.3. The number of phenolic OH excluding ortho intramolecular Hbond substituents is 1. The van der Waals surface area contributed by atoms with E-state index in [1.165, 1.54) is 12.1 Å². The summed E-state index contributed by atoms with van der Waals surface area (Å²) in [5.41, 5.74) is 1.79. The van der Waals surface area contributed by atoms with Crippen LogP contribution in [-0.2, 0) is 22.2 Å². The predicted octanol–water partition coefficient (Wildman–Crippen LogP) is 3.71. The van der Waals surface area contributed by atoms with Crippen molar-refractivity contribution in [2.75, 3.05) is 0 Å². The molecule has 0 aliphatic carbocycles. The van der Waals surface area contributed by atoms with Crippen LogP contribution in [0.15, 0.2) is 36.4 Å². The molecule has 0 saturated heterocycles. The van der Waals surface area contributed by atoms with Crippen LogP contribution < -0.4 is 5.11 Å². The molecule has 0 bridgehead atoms. The first-order valence-electron chi connectivity index (χ1n) is 9.16. The van der Waals surface area contributed by atoms with Crippen molar-refractivity contribution in [3.05, 3.63) is 64.2 Å². The van der Waals surface area contributed by atoms with E-state index >= 15 is 0 Å². The largest absolute Gasteiger partial charge is 0.545 e. The number of phenols is 1. The van der Waals surface area contributed by atoms with E-state index in [2.05, 4.69) is 0 Å². The summed E-state index contributed by atoms with van der Waals surface area (Å²) in [6.07, 6.45) is 0. The first-order valence-corrected chi connectivity index (χ1v) is 9.16. The highest BCUT2D eigenvalue weighted by molar-refractivity contribution is 5.90. The second-order valence-corrected chi connectivity index (χ2v) is 8.98. The van der Waals surface area contributed by atoms with Crippen molar-refractivity contribution in [1.29, 1.82) is 0 Å². The summed E-state index contributed by atoms with van der Waals surface area (Å²) in [6, 6.07) is 9.33. The molecule has 150 valence electrons. The lowest BCUT2D eigenvalue weighted by Crippen LogP contribution is -2.22. The zero-order valence-corrected chi connectivity index (χ0v) is 17.3. The standard InChI is InChI=1S/C23H28O5/c1-22(2,3)17-11-16(12-18(19(17)24)23(4,5)6)21(27)28-13-14-7-9-15(10-8-14)20(25)26/h7-12,24H,13H2,1-6H3,(H,25,26)/p-1. The summed E-state index contributed by atoms with van der Waals surface area (Å²) in [5.74, 6) is -1.55. The zero-order chi connectivity index (χ0) is 21.3. The van der Waals surface area contributed by atoms with Gasteiger partial charge in [-0.1, -0.05) is 65.8 Å². The van der Waals surface area contributed by atoms with Gasteiger partial charge >= 0.3 is 5.97 Å². The SMILES string of the molecule is CC(C)(C)c1cc(C(=O)OCc2ccc(C(=O)[O-])cc2)cc(C(C)(C)C)c1O. The first-order chi connectivity index (χ1) is 12.8. The van der Waals surface area contributed by atoms with Gasteiger partial charge in [0.2, 0.25) is 0 Å². The predicted molar refractivity (Wildman–Crippen MR) is 105 cm³/mol. The summed E-state index contributed by atoms with van der Waals surface area (Å²) in [7, 11) is 0. The number of aromatic hydroxyl groups is 1. The maximum absolute atomic E-state index is 12.7. The van der Waals surface area contributed by atoms with Gasteiger partial charge in [0.1, 0.15) is 12.4 Å². The molecular weight excluding hydrogens is 356 g/mol. The summed E-state index contributed by atoms with van der Waals surface area (Å²) in [4.78, 5) is 23.5. The smallest absolute Gasteiger partial charge is 0.338 e. The molecule has 0 aliphatic rings. The highest BCUT2D eigenvalue weighted by Gasteiger charge is 2.28. The van der Waals surface area contributed by atoms with E-state index in [-0.39, 0.29) is 28.7 Å². The normalized spacial score (nSPS) is 11.9. The van der Waals surface area contributed by atoms with E-state index in [0.29, 0.717) is 22.3 Å². The first kappa shape index (κ1) is 21.5. The van der Waals surface area contributed by atoms with E-state index in [1.807, 2.05) is 41.5 Å². The minimum atomic E-state index is -1.25. The lowest BCUT2D eigenvalue weighted by Gasteiger charge is -2.28. The van der Waals surface area contributed by atoms with Crippen LogP contribution in [0.25, 0.3) is 0 Å². The maximum atomic E-state index is 12.7. The molecule has 5 heteroatoms. The maximum Gasteiger partial charge on any atom is 0.338 e. The number of aromatic carboxylic acids is 1. The van der Waals surface area contributed by atoms with Crippen LogP contribution in [0.3, 0.4) is 0 Å². The number of carbonyl (C=O) groups is 2. The molecule has 28 heavy (non-hydrogen) atoms. The van der Waals surface area contributed by atoms with Crippen molar-refractivity contribution in [3.63, 3.8) is 0 Å². The number of rotatable bonds is 4. The minimum Gasteiger partial charge on any atom is -0.545 e. The number of carboxylic acids is 1. The molecule has 0 fully saturated rings. The molecule has 0 saturated carbocycles. The average Bonchev–Trinajstić information content (AvgIpc) is 2.58. The number of benzene rings is 2. The Morgan fingerprint density at radius 1 is 0.893 bits per heavy atom. The van der Waals surface area contributed by atoms with Crippen LogP contribution in [0.4, 0.5) is 0 Å². The molecule has 0 spiro atoms. The van der Waals surface area contributed by atoms with Crippen molar-refractivity contribution >= 4 is 11.9 Å². The number of ether oxygens (including phenoxy) is 1. The molecule has 0 aromatic heterocycles. The molecule has 0 atom stereocenters.